The maximum absolute atomic E-state index is 12.1. The lowest BCUT2D eigenvalue weighted by Gasteiger charge is -2.07. The monoisotopic (exact) mass is 347 g/mol. The van der Waals surface area contributed by atoms with E-state index >= 15 is 0 Å². The number of carbonyl (C=O) groups excluding carboxylic acids is 2. The summed E-state index contributed by atoms with van der Waals surface area (Å²) in [5.74, 6) is -1.88. The van der Waals surface area contributed by atoms with Crippen LogP contribution in [0.2, 0.25) is 0 Å². The molecular weight excluding hydrogens is 334 g/mol. The van der Waals surface area contributed by atoms with Crippen LogP contribution in [-0.2, 0) is 23.7 Å². The lowest BCUT2D eigenvalue weighted by molar-refractivity contribution is -0.140. The maximum Gasteiger partial charge on any atom is 0.328 e. The fraction of sp³-hybridized carbons (Fsp3) is 0.200. The third-order valence-electron chi connectivity index (χ3n) is 3.76. The number of hydrogen-bond donors (Lipinski definition) is 1. The number of carboxylic acid groups (broad SMARTS) is 1. The highest BCUT2D eigenvalue weighted by atomic mass is 32.2. The van der Waals surface area contributed by atoms with Crippen molar-refractivity contribution in [3.8, 4) is 0 Å². The number of thioether (sulfide) groups is 1. The van der Waals surface area contributed by atoms with Crippen molar-refractivity contribution in [1.82, 2.24) is 14.0 Å². The van der Waals surface area contributed by atoms with Gasteiger partial charge in [0, 0.05) is 14.1 Å². The van der Waals surface area contributed by atoms with Crippen molar-refractivity contribution in [3.63, 3.8) is 0 Å². The molecule has 1 fully saturated rings. The van der Waals surface area contributed by atoms with Crippen LogP contribution >= 0.6 is 11.8 Å². The van der Waals surface area contributed by atoms with Gasteiger partial charge in [-0.05, 0) is 35.5 Å². The molecule has 9 heteroatoms. The molecule has 0 bridgehead atoms. The Kier molecular flexibility index (Phi) is 3.80. The topological polar surface area (TPSA) is 102 Å². The number of carbonyl (C=O) groups is 3. The summed E-state index contributed by atoms with van der Waals surface area (Å²) >= 11 is 0.698. The molecular formula is C15H13N3O5S. The smallest absolute Gasteiger partial charge is 0.328 e. The predicted octanol–water partition coefficient (Wildman–Crippen LogP) is 0.998. The lowest BCUT2D eigenvalue weighted by atomic mass is 10.2. The molecule has 1 aromatic heterocycles. The number of amides is 2. The second-order valence-corrected chi connectivity index (χ2v) is 6.30. The average molecular weight is 347 g/mol. The lowest BCUT2D eigenvalue weighted by Crippen LogP contribution is -2.33. The van der Waals surface area contributed by atoms with Gasteiger partial charge in [0.1, 0.15) is 6.54 Å². The first-order valence-corrected chi connectivity index (χ1v) is 7.74. The summed E-state index contributed by atoms with van der Waals surface area (Å²) in [7, 11) is 3.32. The van der Waals surface area contributed by atoms with Crippen LogP contribution in [0.15, 0.2) is 27.9 Å². The minimum Gasteiger partial charge on any atom is -0.480 e. The molecule has 1 aromatic carbocycles. The highest BCUT2D eigenvalue weighted by Crippen LogP contribution is 2.32. The van der Waals surface area contributed by atoms with Crippen LogP contribution in [0.3, 0.4) is 0 Å². The average Bonchev–Trinajstić information content (AvgIpc) is 2.90. The molecule has 3 rings (SSSR count). The van der Waals surface area contributed by atoms with E-state index in [4.69, 9.17) is 5.11 Å². The van der Waals surface area contributed by atoms with E-state index in [9.17, 15) is 19.2 Å². The summed E-state index contributed by atoms with van der Waals surface area (Å²) in [6.45, 7) is -0.659. The molecule has 0 saturated carbocycles. The Morgan fingerprint density at radius 2 is 1.83 bits per heavy atom. The molecule has 1 saturated heterocycles. The van der Waals surface area contributed by atoms with Crippen LogP contribution in [-0.4, -0.2) is 42.8 Å². The van der Waals surface area contributed by atoms with Crippen molar-refractivity contribution in [3.05, 3.63) is 39.2 Å². The van der Waals surface area contributed by atoms with Crippen molar-refractivity contribution < 1.29 is 19.5 Å². The van der Waals surface area contributed by atoms with E-state index in [2.05, 4.69) is 0 Å². The fourth-order valence-corrected chi connectivity index (χ4v) is 3.37. The highest BCUT2D eigenvalue weighted by Gasteiger charge is 2.36. The molecule has 124 valence electrons. The number of aryl methyl sites for hydroxylation is 2. The zero-order valence-electron chi connectivity index (χ0n) is 12.8. The molecule has 2 heterocycles. The summed E-state index contributed by atoms with van der Waals surface area (Å²) in [5.41, 5.74) is 1.92. The molecule has 0 unspecified atom stereocenters. The molecule has 8 nitrogen and oxygen atoms in total. The molecule has 0 atom stereocenters. The van der Waals surface area contributed by atoms with Gasteiger partial charge in [0.05, 0.1) is 15.9 Å². The van der Waals surface area contributed by atoms with Gasteiger partial charge in [-0.25, -0.2) is 4.79 Å². The van der Waals surface area contributed by atoms with Crippen LogP contribution in [0.5, 0.6) is 0 Å². The number of carboxylic acids is 1. The third-order valence-corrected chi connectivity index (χ3v) is 4.67. The van der Waals surface area contributed by atoms with Crippen molar-refractivity contribution >= 4 is 46.0 Å². The number of aromatic nitrogens is 2. The van der Waals surface area contributed by atoms with E-state index in [0.29, 0.717) is 27.7 Å². The van der Waals surface area contributed by atoms with Gasteiger partial charge in [-0.3, -0.25) is 28.4 Å². The SMILES string of the molecule is Cn1c(=O)n(C)c2cc(/C=C3/SC(=O)N(CC(=O)O)C3=O)ccc21. The number of nitrogens with zero attached hydrogens (tertiary/aromatic N) is 3. The van der Waals surface area contributed by atoms with Crippen LogP contribution < -0.4 is 5.69 Å². The molecule has 0 radical (unpaired) electrons. The Labute approximate surface area is 140 Å². The Morgan fingerprint density at radius 1 is 1.17 bits per heavy atom. The summed E-state index contributed by atoms with van der Waals surface area (Å²) in [4.78, 5) is 47.4. The van der Waals surface area contributed by atoms with E-state index in [0.717, 1.165) is 5.52 Å². The van der Waals surface area contributed by atoms with Crippen molar-refractivity contribution in [2.24, 2.45) is 14.1 Å². The van der Waals surface area contributed by atoms with E-state index in [1.165, 1.54) is 15.2 Å². The first-order valence-electron chi connectivity index (χ1n) is 6.92. The molecule has 2 amide bonds. The van der Waals surface area contributed by atoms with Gasteiger partial charge in [-0.1, -0.05) is 6.07 Å². The van der Waals surface area contributed by atoms with E-state index in [-0.39, 0.29) is 10.6 Å². The first-order chi connectivity index (χ1) is 11.3. The van der Waals surface area contributed by atoms with Crippen molar-refractivity contribution in [1.29, 1.82) is 0 Å². The largest absolute Gasteiger partial charge is 0.480 e. The van der Waals surface area contributed by atoms with E-state index in [1.54, 1.807) is 32.3 Å². The molecule has 0 aliphatic carbocycles. The van der Waals surface area contributed by atoms with Crippen molar-refractivity contribution in [2.45, 2.75) is 0 Å². The van der Waals surface area contributed by atoms with E-state index in [1.807, 2.05) is 0 Å². The number of rotatable bonds is 3. The Bertz CT molecular complexity index is 985. The number of fused-ring (bicyclic) bond motifs is 1. The number of benzene rings is 1. The van der Waals surface area contributed by atoms with Gasteiger partial charge in [-0.2, -0.15) is 0 Å². The van der Waals surface area contributed by atoms with Gasteiger partial charge in [-0.15, -0.1) is 0 Å². The Hall–Kier alpha value is -2.81. The third kappa shape index (κ3) is 2.52. The highest BCUT2D eigenvalue weighted by molar-refractivity contribution is 8.18. The maximum atomic E-state index is 12.1. The number of hydrogen-bond acceptors (Lipinski definition) is 5. The predicted molar refractivity (Wildman–Crippen MR) is 88.5 cm³/mol. The number of imide groups is 1. The second-order valence-electron chi connectivity index (χ2n) is 5.31. The van der Waals surface area contributed by atoms with Crippen LogP contribution in [0.1, 0.15) is 5.56 Å². The molecule has 1 aliphatic heterocycles. The van der Waals surface area contributed by atoms with Gasteiger partial charge >= 0.3 is 11.7 Å². The Balaban J connectivity index is 2.00. The van der Waals surface area contributed by atoms with Gasteiger partial charge in [0.15, 0.2) is 0 Å². The van der Waals surface area contributed by atoms with Crippen LogP contribution in [0.4, 0.5) is 4.79 Å². The minimum atomic E-state index is -1.25. The Morgan fingerprint density at radius 3 is 2.50 bits per heavy atom. The molecule has 2 aromatic rings. The number of imidazole rings is 1. The fourth-order valence-electron chi connectivity index (χ4n) is 2.54. The van der Waals surface area contributed by atoms with Gasteiger partial charge in [0.2, 0.25) is 0 Å². The zero-order chi connectivity index (χ0) is 17.6. The van der Waals surface area contributed by atoms with Crippen LogP contribution in [0, 0.1) is 0 Å². The molecule has 1 aliphatic rings. The molecule has 24 heavy (non-hydrogen) atoms. The van der Waals surface area contributed by atoms with Crippen molar-refractivity contribution in [2.75, 3.05) is 6.54 Å². The quantitative estimate of drug-likeness (QED) is 0.831. The minimum absolute atomic E-state index is 0.154. The van der Waals surface area contributed by atoms with E-state index < -0.39 is 23.7 Å². The summed E-state index contributed by atoms with van der Waals surface area (Å²) in [6.07, 6.45) is 1.52. The summed E-state index contributed by atoms with van der Waals surface area (Å²) in [5, 5.41) is 8.14. The standard InChI is InChI=1S/C15H13N3O5S/c1-16-9-4-3-8(5-10(9)17(2)14(16)22)6-11-13(21)18(7-12(19)20)15(23)24-11/h3-6H,7H2,1-2H3,(H,19,20)/b11-6+. The number of aliphatic carboxylic acids is 1. The zero-order valence-corrected chi connectivity index (χ0v) is 13.7. The molecule has 1 N–H and O–H groups in total. The van der Waals surface area contributed by atoms with Crippen LogP contribution in [0.25, 0.3) is 17.1 Å². The van der Waals surface area contributed by atoms with Gasteiger partial charge in [0.25, 0.3) is 11.1 Å². The van der Waals surface area contributed by atoms with Gasteiger partial charge < -0.3 is 5.11 Å². The summed E-state index contributed by atoms with van der Waals surface area (Å²) in [6, 6.07) is 5.22. The second kappa shape index (κ2) is 5.68. The molecule has 0 spiro atoms. The first kappa shape index (κ1) is 16.1. The summed E-state index contributed by atoms with van der Waals surface area (Å²) < 4.78 is 3.00. The normalized spacial score (nSPS) is 16.6.